The van der Waals surface area contributed by atoms with Crippen molar-refractivity contribution in [2.24, 2.45) is 0 Å². The average molecular weight is 2420 g/mol. The summed E-state index contributed by atoms with van der Waals surface area (Å²) in [7, 11) is -3.78. The number of halogens is 19. The Labute approximate surface area is 252 Å². The fraction of sp³-hybridized carbons (Fsp3) is 0. The van der Waals surface area contributed by atoms with Crippen molar-refractivity contribution in [3.05, 3.63) is 0 Å². The van der Waals surface area contributed by atoms with Crippen LogP contribution < -0.4 is 0 Å². The van der Waals surface area contributed by atoms with Crippen molar-refractivity contribution in [3.63, 3.8) is 0 Å². The van der Waals surface area contributed by atoms with Crippen LogP contribution in [0.15, 0.2) is 0 Å². The summed E-state index contributed by atoms with van der Waals surface area (Å²) >= 11 is 28.9. The molecule has 0 aromatic heterocycles. The van der Waals surface area contributed by atoms with Crippen LogP contribution in [0.2, 0.25) is 0 Å². The van der Waals surface area contributed by atoms with Crippen LogP contribution in [0, 0.1) is 0 Å². The van der Waals surface area contributed by atoms with Gasteiger partial charge in [-0.15, -0.1) is 0 Å². The summed E-state index contributed by atoms with van der Waals surface area (Å²) in [5, 5.41) is 0. The molecule has 0 fully saturated rings. The van der Waals surface area contributed by atoms with E-state index in [9.17, 15) is 0 Å². The van der Waals surface area contributed by atoms with Gasteiger partial charge >= 0.3 is 267 Å². The van der Waals surface area contributed by atoms with E-state index in [4.69, 9.17) is 5.70 Å². The van der Waals surface area contributed by atoms with Crippen LogP contribution in [0.4, 0.5) is 0 Å². The van der Waals surface area contributed by atoms with Gasteiger partial charge in [-0.1, -0.05) is 0 Å². The first kappa shape index (κ1) is 33.9. The van der Waals surface area contributed by atoms with Crippen LogP contribution in [0.5, 0.6) is 0 Å². The molecule has 0 aliphatic rings. The monoisotopic (exact) mass is 2420 g/mol. The molecule has 0 rings (SSSR count). The third-order valence-electron chi connectivity index (χ3n) is 0.675. The zero-order valence-corrected chi connectivity index (χ0v) is 48.8. The molecule has 0 unspecified atom stereocenters. The first-order valence-electron chi connectivity index (χ1n) is 2.79. The van der Waals surface area contributed by atoms with Gasteiger partial charge in [-0.05, 0) is 0 Å². The van der Waals surface area contributed by atoms with Crippen molar-refractivity contribution in [3.8, 4) is 0 Å². The zero-order chi connectivity index (χ0) is 16.2. The minimum absolute atomic E-state index is 0.411. The predicted octanol–water partition coefficient (Wildman–Crippen LogP) is 16.4. The summed E-state index contributed by atoms with van der Waals surface area (Å²) in [6.45, 7) is 0. The summed E-state index contributed by atoms with van der Waals surface area (Å²) < 4.78 is 0. The second kappa shape index (κ2) is 20.0. The van der Waals surface area contributed by atoms with Crippen molar-refractivity contribution in [1.82, 2.24) is 0 Å². The first-order chi connectivity index (χ1) is 9.02. The second-order valence-electron chi connectivity index (χ2n) is 1.51. The topological polar surface area (TPSA) is 0 Å². The van der Waals surface area contributed by atoms with Crippen LogP contribution in [0.25, 0.3) is 0 Å². The fourth-order valence-corrected chi connectivity index (χ4v) is 2770. The molecule has 0 aromatic rings. The van der Waals surface area contributed by atoms with Crippen LogP contribution in [0.1, 0.15) is 0 Å². The molecular weight excluding hydrogens is 2420 g/mol. The third-order valence-corrected chi connectivity index (χ3v) is 1260. The Kier molecular flexibility index (Phi) is 34.0. The van der Waals surface area contributed by atoms with E-state index < -0.39 is 74.8 Å². The molecular formula is BI19. The molecule has 20 heteroatoms. The standard InChI is InChI=1S/BI19/c1-12(2)14(5)16(7)18(9)20(11)19(10)17(8)15(6)13(3)4. The van der Waals surface area contributed by atoms with E-state index in [0.29, 0.717) is 0 Å². The molecule has 0 atom stereocenters. The molecule has 2 radical (unpaired) electrons. The van der Waals surface area contributed by atoms with Gasteiger partial charge in [-0.3, -0.25) is 0 Å². The molecule has 0 heterocycles. The van der Waals surface area contributed by atoms with E-state index in [1.165, 1.54) is 0 Å². The van der Waals surface area contributed by atoms with Crippen LogP contribution in [-0.2, 0) is 0 Å². The van der Waals surface area contributed by atoms with Gasteiger partial charge in [0.1, 0.15) is 0 Å². The summed E-state index contributed by atoms with van der Waals surface area (Å²) in [6.07, 6.45) is 0. The van der Waals surface area contributed by atoms with Crippen molar-refractivity contribution >= 4 is 267 Å². The quantitative estimate of drug-likeness (QED) is 0.168. The molecule has 0 aliphatic heterocycles. The van der Waals surface area contributed by atoms with E-state index in [-0.39, 0.29) is 0 Å². The van der Waals surface area contributed by atoms with Crippen molar-refractivity contribution in [2.45, 2.75) is 0 Å². The summed E-state index contributed by atoms with van der Waals surface area (Å²) in [4.78, 5) is 0. The van der Waals surface area contributed by atoms with Gasteiger partial charge in [-0.2, -0.15) is 0 Å². The van der Waals surface area contributed by atoms with E-state index in [2.05, 4.69) is 186 Å². The molecule has 0 bridgehead atoms. The summed E-state index contributed by atoms with van der Waals surface area (Å²) in [6, 6.07) is 0. The van der Waals surface area contributed by atoms with Gasteiger partial charge in [0.2, 0.25) is 0 Å². The van der Waals surface area contributed by atoms with E-state index in [0.717, 1.165) is 0 Å². The molecule has 0 aromatic carbocycles. The predicted molar refractivity (Wildman–Crippen MR) is 272 cm³/mol. The molecule has 20 heavy (non-hydrogen) atoms. The Hall–Kier alpha value is 13.9. The fourth-order valence-electron chi connectivity index (χ4n) is 0.224. The van der Waals surface area contributed by atoms with Crippen LogP contribution in [-0.4, -0.2) is 5.70 Å². The zero-order valence-electron chi connectivity index (χ0n) is 7.76. The number of hydrogen-bond acceptors (Lipinski definition) is 0. The van der Waals surface area contributed by atoms with Gasteiger partial charge < -0.3 is 0 Å². The van der Waals surface area contributed by atoms with Gasteiger partial charge in [-0.25, -0.2) is 0 Å². The average Bonchev–Trinajstić information content (AvgIpc) is 2.40. The Bertz CT molecular complexity index is 232. The molecule has 0 aliphatic carbocycles. The maximum absolute atomic E-state index is 6.41. The summed E-state index contributed by atoms with van der Waals surface area (Å²) in [5.41, 5.74) is 6.41. The number of rotatable bonds is 8. The Balaban J connectivity index is 4.75. The molecule has 0 nitrogen and oxygen atoms in total. The van der Waals surface area contributed by atoms with Gasteiger partial charge in [0.25, 0.3) is 0 Å². The molecule has 136 valence electrons. The normalized spacial score (nSPS) is 17.8. The van der Waals surface area contributed by atoms with Gasteiger partial charge in [0, 0.05) is 0 Å². The Morgan fingerprint density at radius 2 is 0.650 bits per heavy atom. The molecule has 0 spiro atoms. The first-order valence-corrected chi connectivity index (χ1v) is 117. The SMILES string of the molecule is [B]I(I)I(I)I(I)I(I)I(I)I(I)I(I)I(I)I(I)I. The van der Waals surface area contributed by atoms with Crippen molar-refractivity contribution in [2.75, 3.05) is 0 Å². The maximum atomic E-state index is 6.41. The van der Waals surface area contributed by atoms with E-state index in [1.54, 1.807) is 0 Å². The second-order valence-corrected chi connectivity index (χ2v) is 415. The molecule has 0 N–H and O–H groups in total. The third kappa shape index (κ3) is 14.5. The van der Waals surface area contributed by atoms with Crippen LogP contribution >= 0.6 is 261 Å². The van der Waals surface area contributed by atoms with E-state index >= 15 is 0 Å². The molecule has 0 amide bonds. The van der Waals surface area contributed by atoms with Crippen LogP contribution in [0.3, 0.4) is 0 Å². The molecule has 0 saturated heterocycles. The van der Waals surface area contributed by atoms with Crippen molar-refractivity contribution < 1.29 is 0 Å². The Morgan fingerprint density at radius 3 is 0.900 bits per heavy atom. The Morgan fingerprint density at radius 1 is 0.400 bits per heavy atom. The molecule has 0 saturated carbocycles. The van der Waals surface area contributed by atoms with Gasteiger partial charge in [0.05, 0.1) is 0 Å². The number of hydrogen-bond donors (Lipinski definition) is 0. The summed E-state index contributed by atoms with van der Waals surface area (Å²) in [5.74, 6) is 0. The van der Waals surface area contributed by atoms with Crippen molar-refractivity contribution in [1.29, 1.82) is 0 Å². The van der Waals surface area contributed by atoms with E-state index in [1.807, 2.05) is 0 Å². The van der Waals surface area contributed by atoms with Gasteiger partial charge in [0.15, 0.2) is 0 Å². The minimum atomic E-state index is -0.908.